The van der Waals surface area contributed by atoms with Gasteiger partial charge in [-0.2, -0.15) is 12.8 Å². The summed E-state index contributed by atoms with van der Waals surface area (Å²) >= 11 is 0. The van der Waals surface area contributed by atoms with E-state index in [0.29, 0.717) is 16.5 Å². The summed E-state index contributed by atoms with van der Waals surface area (Å²) < 4.78 is 58.9. The van der Waals surface area contributed by atoms with Crippen LogP contribution < -0.4 is 9.88 Å². The predicted octanol–water partition coefficient (Wildman–Crippen LogP) is 2.84. The smallest absolute Gasteiger partial charge is 0.282 e. The van der Waals surface area contributed by atoms with Crippen molar-refractivity contribution in [3.8, 4) is 5.75 Å². The molecule has 2 atom stereocenters. The first-order valence-corrected chi connectivity index (χ1v) is 12.2. The number of hydrogen-bond donors (Lipinski definition) is 1. The van der Waals surface area contributed by atoms with E-state index >= 15 is 0 Å². The van der Waals surface area contributed by atoms with Gasteiger partial charge in [0.05, 0.1) is 16.9 Å². The van der Waals surface area contributed by atoms with E-state index < -0.39 is 20.0 Å². The molecule has 0 amide bonds. The van der Waals surface area contributed by atoms with Gasteiger partial charge in [-0.25, -0.2) is 13.6 Å². The standard InChI is InChI=1S/C19H22N2O5S2/c1-26-18-11-16(10-14-9-15(27(20,22)23)7-8-17(14)18)28(24,25)21-19-12-3-2-4-13(19)6-5-12/h7-13H,2-6H2,1H3,(H2,20,22,23). The number of rotatable bonds is 4. The molecule has 9 heteroatoms. The van der Waals surface area contributed by atoms with Crippen LogP contribution in [0.25, 0.3) is 10.8 Å². The van der Waals surface area contributed by atoms with Gasteiger partial charge >= 0.3 is 0 Å². The largest absolute Gasteiger partial charge is 0.496 e. The van der Waals surface area contributed by atoms with Crippen molar-refractivity contribution in [2.45, 2.75) is 41.9 Å². The Bertz CT molecular complexity index is 1170. The van der Waals surface area contributed by atoms with Gasteiger partial charge < -0.3 is 4.74 Å². The van der Waals surface area contributed by atoms with Crippen LogP contribution in [0, 0.1) is 11.8 Å². The van der Waals surface area contributed by atoms with Gasteiger partial charge in [-0.05, 0) is 67.2 Å². The Morgan fingerprint density at radius 1 is 0.964 bits per heavy atom. The van der Waals surface area contributed by atoms with E-state index in [0.717, 1.165) is 37.8 Å². The third-order valence-electron chi connectivity index (χ3n) is 5.74. The van der Waals surface area contributed by atoms with Crippen molar-refractivity contribution in [3.05, 3.63) is 30.3 Å². The number of nitrogens with two attached hydrogens (primary N) is 1. The fourth-order valence-electron chi connectivity index (χ4n) is 4.35. The average Bonchev–Trinajstić information content (AvgIpc) is 2.86. The van der Waals surface area contributed by atoms with Gasteiger partial charge in [0.15, 0.2) is 0 Å². The Balaban J connectivity index is 1.85. The van der Waals surface area contributed by atoms with Crippen molar-refractivity contribution in [1.82, 2.24) is 0 Å². The van der Waals surface area contributed by atoms with Crippen LogP contribution in [0.15, 0.2) is 44.5 Å². The van der Waals surface area contributed by atoms with Crippen LogP contribution in [0.2, 0.25) is 0 Å². The minimum atomic E-state index is -3.93. The molecule has 2 N–H and O–H groups in total. The number of ether oxygens (including phenoxy) is 1. The number of benzene rings is 2. The molecule has 0 spiro atoms. The molecule has 0 aliphatic heterocycles. The lowest BCUT2D eigenvalue weighted by Gasteiger charge is -2.21. The number of methoxy groups -OCH3 is 1. The number of primary sulfonamides is 1. The lowest BCUT2D eigenvalue weighted by molar-refractivity contribution is 0.418. The molecule has 0 aromatic heterocycles. The highest BCUT2D eigenvalue weighted by molar-refractivity contribution is 7.90. The second kappa shape index (κ2) is 6.82. The summed E-state index contributed by atoms with van der Waals surface area (Å²) in [7, 11) is -6.40. The second-order valence-electron chi connectivity index (χ2n) is 7.45. The van der Waals surface area contributed by atoms with E-state index in [4.69, 9.17) is 9.88 Å². The summed E-state index contributed by atoms with van der Waals surface area (Å²) in [6.07, 6.45) is 5.09. The maximum atomic E-state index is 13.0. The lowest BCUT2D eigenvalue weighted by atomic mass is 9.87. The maximum absolute atomic E-state index is 13.0. The van der Waals surface area contributed by atoms with Crippen LogP contribution in [0.3, 0.4) is 0 Å². The Morgan fingerprint density at radius 2 is 1.61 bits per heavy atom. The van der Waals surface area contributed by atoms with Gasteiger partial charge in [0.2, 0.25) is 10.0 Å². The molecule has 2 aliphatic carbocycles. The Labute approximate surface area is 164 Å². The highest BCUT2D eigenvalue weighted by Crippen LogP contribution is 2.41. The normalized spacial score (nSPS) is 22.4. The molecular formula is C19H22N2O5S2. The predicted molar refractivity (Wildman–Crippen MR) is 107 cm³/mol. The molecule has 2 unspecified atom stereocenters. The summed E-state index contributed by atoms with van der Waals surface area (Å²) in [6.45, 7) is 0. The molecule has 4 rings (SSSR count). The van der Waals surface area contributed by atoms with Crippen molar-refractivity contribution in [1.29, 1.82) is 0 Å². The van der Waals surface area contributed by atoms with E-state index in [9.17, 15) is 16.8 Å². The summed E-state index contributed by atoms with van der Waals surface area (Å²) in [5.74, 6) is 0.846. The van der Waals surface area contributed by atoms with Gasteiger partial charge in [0.25, 0.3) is 10.0 Å². The average molecular weight is 423 g/mol. The first-order valence-electron chi connectivity index (χ1n) is 9.18. The molecule has 28 heavy (non-hydrogen) atoms. The minimum absolute atomic E-state index is 0.0131. The Kier molecular flexibility index (Phi) is 4.71. The van der Waals surface area contributed by atoms with Crippen molar-refractivity contribution in [3.63, 3.8) is 0 Å². The molecule has 150 valence electrons. The van der Waals surface area contributed by atoms with E-state index in [1.165, 1.54) is 31.4 Å². The van der Waals surface area contributed by atoms with Crippen molar-refractivity contribution >= 4 is 36.5 Å². The van der Waals surface area contributed by atoms with Crippen LogP contribution in [0.5, 0.6) is 5.75 Å². The first kappa shape index (κ1) is 19.4. The highest BCUT2D eigenvalue weighted by Gasteiger charge is 2.36. The van der Waals surface area contributed by atoms with E-state index in [1.54, 1.807) is 6.07 Å². The molecule has 2 fully saturated rings. The molecule has 2 aromatic rings. The van der Waals surface area contributed by atoms with Crippen LogP contribution in [0.1, 0.15) is 32.1 Å². The number of fused-ring (bicyclic) bond motifs is 3. The van der Waals surface area contributed by atoms with Crippen molar-refractivity contribution < 1.29 is 21.6 Å². The fourth-order valence-corrected chi connectivity index (χ4v) is 6.11. The Morgan fingerprint density at radius 3 is 2.21 bits per heavy atom. The molecule has 2 aliphatic rings. The van der Waals surface area contributed by atoms with E-state index in [1.807, 2.05) is 0 Å². The van der Waals surface area contributed by atoms with Crippen LogP contribution in [-0.2, 0) is 20.0 Å². The SMILES string of the molecule is COc1cc(S(=O)(=O)N=C2C3CCCC2CC3)cc2cc(S(N)(=O)=O)ccc12. The van der Waals surface area contributed by atoms with Gasteiger partial charge in [-0.1, -0.05) is 6.42 Å². The Hall–Kier alpha value is -1.97. The zero-order valence-electron chi connectivity index (χ0n) is 15.5. The fraction of sp³-hybridized carbons (Fsp3) is 0.421. The summed E-state index contributed by atoms with van der Waals surface area (Å²) in [6, 6.07) is 7.13. The van der Waals surface area contributed by atoms with Gasteiger partial charge in [0.1, 0.15) is 5.75 Å². The first-order chi connectivity index (χ1) is 13.2. The summed E-state index contributed by atoms with van der Waals surface area (Å²) in [5, 5.41) is 6.21. The monoisotopic (exact) mass is 422 g/mol. The number of hydrogen-bond acceptors (Lipinski definition) is 5. The summed E-state index contributed by atoms with van der Waals surface area (Å²) in [5.41, 5.74) is 0.795. The van der Waals surface area contributed by atoms with Crippen LogP contribution in [0.4, 0.5) is 0 Å². The maximum Gasteiger partial charge on any atom is 0.282 e. The molecule has 2 aromatic carbocycles. The van der Waals surface area contributed by atoms with E-state index in [-0.39, 0.29) is 21.6 Å². The van der Waals surface area contributed by atoms with Crippen LogP contribution >= 0.6 is 0 Å². The van der Waals surface area contributed by atoms with Gasteiger partial charge in [0, 0.05) is 17.2 Å². The van der Waals surface area contributed by atoms with Gasteiger partial charge in [-0.3, -0.25) is 0 Å². The minimum Gasteiger partial charge on any atom is -0.496 e. The van der Waals surface area contributed by atoms with Crippen molar-refractivity contribution in [2.24, 2.45) is 21.4 Å². The highest BCUT2D eigenvalue weighted by atomic mass is 32.2. The second-order valence-corrected chi connectivity index (χ2v) is 10.6. The zero-order chi connectivity index (χ0) is 20.1. The molecular weight excluding hydrogens is 400 g/mol. The van der Waals surface area contributed by atoms with Gasteiger partial charge in [-0.15, -0.1) is 0 Å². The molecule has 2 bridgehead atoms. The molecule has 0 radical (unpaired) electrons. The number of sulfonamides is 2. The van der Waals surface area contributed by atoms with E-state index in [2.05, 4.69) is 4.40 Å². The zero-order valence-corrected chi connectivity index (χ0v) is 17.1. The molecule has 0 heterocycles. The molecule has 2 saturated carbocycles. The molecule has 0 saturated heterocycles. The quantitative estimate of drug-likeness (QED) is 0.813. The topological polar surface area (TPSA) is 116 Å². The van der Waals surface area contributed by atoms with Crippen LogP contribution in [-0.4, -0.2) is 29.7 Å². The third-order valence-corrected chi connectivity index (χ3v) is 7.93. The third kappa shape index (κ3) is 3.42. The number of nitrogens with zero attached hydrogens (tertiary/aromatic N) is 1. The summed E-state index contributed by atoms with van der Waals surface area (Å²) in [4.78, 5) is -0.103. The lowest BCUT2D eigenvalue weighted by Crippen LogP contribution is -2.21. The van der Waals surface area contributed by atoms with Crippen molar-refractivity contribution in [2.75, 3.05) is 7.11 Å². The molecule has 7 nitrogen and oxygen atoms in total.